The summed E-state index contributed by atoms with van der Waals surface area (Å²) in [6.45, 7) is 12.8. The Kier molecular flexibility index (Phi) is 18.4. The first-order chi connectivity index (χ1) is 23.0. The van der Waals surface area contributed by atoms with E-state index in [0.717, 1.165) is 103 Å². The fraction of sp³-hybridized carbons (Fsp3) is 0.865. The van der Waals surface area contributed by atoms with Crippen LogP contribution in [-0.2, 0) is 46.9 Å². The molecule has 1 aromatic heterocycles. The number of ether oxygens (including phenoxy) is 5. The lowest BCUT2D eigenvalue weighted by Crippen LogP contribution is -2.54. The first-order valence-corrected chi connectivity index (χ1v) is 20.0. The van der Waals surface area contributed by atoms with Gasteiger partial charge in [0.25, 0.3) is 0 Å². The van der Waals surface area contributed by atoms with Crippen molar-refractivity contribution in [3.63, 3.8) is 0 Å². The van der Waals surface area contributed by atoms with Gasteiger partial charge in [0.15, 0.2) is 0 Å². The highest BCUT2D eigenvalue weighted by molar-refractivity contribution is 7.12. The SMILES string of the molecule is CCc1cc2c(s1)CCO[C@@]21CCN(CC2CC(NC(=O)CCCCCOCCOCCOCCOCCCCCCCl)C2)[C@@H](C)C1. The summed E-state index contributed by atoms with van der Waals surface area (Å²) >= 11 is 7.68. The highest BCUT2D eigenvalue weighted by Gasteiger charge is 2.45. The fourth-order valence-corrected chi connectivity index (χ4v) is 8.63. The molecule has 2 aliphatic heterocycles. The van der Waals surface area contributed by atoms with Crippen molar-refractivity contribution in [1.29, 1.82) is 0 Å². The van der Waals surface area contributed by atoms with E-state index in [1.807, 2.05) is 11.3 Å². The number of carbonyl (C=O) groups is 1. The molecule has 4 rings (SSSR count). The summed E-state index contributed by atoms with van der Waals surface area (Å²) in [6, 6.07) is 3.31. The number of carbonyl (C=O) groups excluding carboxylic acids is 1. The molecule has 2 fully saturated rings. The monoisotopic (exact) mass is 698 g/mol. The van der Waals surface area contributed by atoms with Crippen molar-refractivity contribution in [1.82, 2.24) is 10.2 Å². The molecule has 47 heavy (non-hydrogen) atoms. The lowest BCUT2D eigenvalue weighted by Gasteiger charge is -2.49. The lowest BCUT2D eigenvalue weighted by molar-refractivity contribution is -0.123. The van der Waals surface area contributed by atoms with Crippen LogP contribution in [-0.4, -0.2) is 101 Å². The molecule has 2 atom stereocenters. The van der Waals surface area contributed by atoms with E-state index in [2.05, 4.69) is 30.1 Å². The van der Waals surface area contributed by atoms with Crippen LogP contribution in [0.2, 0.25) is 0 Å². The molecule has 270 valence electrons. The molecule has 1 amide bonds. The average molecular weight is 699 g/mol. The molecule has 3 heterocycles. The molecule has 1 aromatic rings. The number of nitrogens with zero attached hydrogens (tertiary/aromatic N) is 1. The average Bonchev–Trinajstić information content (AvgIpc) is 3.49. The summed E-state index contributed by atoms with van der Waals surface area (Å²) in [6.07, 6.45) is 14.6. The molecule has 0 bridgehead atoms. The van der Waals surface area contributed by atoms with Gasteiger partial charge in [0.1, 0.15) is 0 Å². The van der Waals surface area contributed by atoms with Gasteiger partial charge < -0.3 is 33.9 Å². The summed E-state index contributed by atoms with van der Waals surface area (Å²) in [7, 11) is 0. The van der Waals surface area contributed by atoms with Crippen LogP contribution < -0.4 is 5.32 Å². The number of nitrogens with one attached hydrogen (secondary N) is 1. The van der Waals surface area contributed by atoms with Crippen LogP contribution in [0, 0.1) is 5.92 Å². The summed E-state index contributed by atoms with van der Waals surface area (Å²) in [5.41, 5.74) is 1.43. The van der Waals surface area contributed by atoms with E-state index >= 15 is 0 Å². The third kappa shape index (κ3) is 13.5. The minimum Gasteiger partial charge on any atom is -0.379 e. The van der Waals surface area contributed by atoms with Gasteiger partial charge in [-0.25, -0.2) is 0 Å². The van der Waals surface area contributed by atoms with E-state index in [-0.39, 0.29) is 11.5 Å². The summed E-state index contributed by atoms with van der Waals surface area (Å²) in [5.74, 6) is 1.64. The summed E-state index contributed by atoms with van der Waals surface area (Å²) < 4.78 is 28.9. The molecule has 1 saturated heterocycles. The fourth-order valence-electron chi connectivity index (χ4n) is 7.26. The van der Waals surface area contributed by atoms with Crippen molar-refractivity contribution >= 4 is 28.8 Å². The summed E-state index contributed by atoms with van der Waals surface area (Å²) in [5, 5.41) is 3.28. The van der Waals surface area contributed by atoms with Gasteiger partial charge in [-0.1, -0.05) is 26.2 Å². The molecule has 1 saturated carbocycles. The van der Waals surface area contributed by atoms with E-state index in [1.54, 1.807) is 4.88 Å². The number of unbranched alkanes of at least 4 members (excludes halogenated alkanes) is 5. The maximum Gasteiger partial charge on any atom is 0.220 e. The molecule has 0 aromatic carbocycles. The van der Waals surface area contributed by atoms with Crippen LogP contribution in [0.3, 0.4) is 0 Å². The van der Waals surface area contributed by atoms with Gasteiger partial charge in [0.05, 0.1) is 51.8 Å². The van der Waals surface area contributed by atoms with Crippen molar-refractivity contribution in [3.05, 3.63) is 21.4 Å². The molecule has 10 heteroatoms. The number of halogens is 1. The Balaban J connectivity index is 0.912. The minimum absolute atomic E-state index is 0.0691. The molecule has 0 unspecified atom stereocenters. The number of alkyl halides is 1. The zero-order valence-electron chi connectivity index (χ0n) is 29.4. The molecule has 0 radical (unpaired) electrons. The number of hydrogen-bond donors (Lipinski definition) is 1. The first-order valence-electron chi connectivity index (χ1n) is 18.7. The normalized spacial score (nSPS) is 24.4. The zero-order chi connectivity index (χ0) is 33.2. The maximum absolute atomic E-state index is 12.5. The van der Waals surface area contributed by atoms with Gasteiger partial charge in [0.2, 0.25) is 5.91 Å². The second-order valence-electron chi connectivity index (χ2n) is 13.8. The molecular weight excluding hydrogens is 636 g/mol. The summed E-state index contributed by atoms with van der Waals surface area (Å²) in [4.78, 5) is 18.2. The number of likely N-dealkylation sites (tertiary alicyclic amines) is 1. The standard InChI is InChI=1S/C37H63ClN2O6S/c1-3-33-27-34-35(47-33)12-18-46-37(34)13-15-40(30(2)28-37)29-31-25-32(26-31)39-36(41)11-7-6-10-17-43-20-22-45-24-23-44-21-19-42-16-9-5-4-8-14-38/h27,30-32H,3-26,28-29H2,1-2H3,(H,39,41)/t30-,31?,32?,37+/m0/s1. The van der Waals surface area contributed by atoms with Crippen LogP contribution in [0.1, 0.15) is 106 Å². The van der Waals surface area contributed by atoms with Gasteiger partial charge in [-0.3, -0.25) is 4.79 Å². The second-order valence-corrected chi connectivity index (χ2v) is 15.4. The van der Waals surface area contributed by atoms with Crippen LogP contribution in [0.4, 0.5) is 0 Å². The Morgan fingerprint density at radius 1 is 0.957 bits per heavy atom. The quantitative estimate of drug-likeness (QED) is 0.0881. The van der Waals surface area contributed by atoms with E-state index in [9.17, 15) is 4.79 Å². The molecule has 1 N–H and O–H groups in total. The Labute approximate surface area is 293 Å². The smallest absolute Gasteiger partial charge is 0.220 e. The van der Waals surface area contributed by atoms with Gasteiger partial charge in [-0.05, 0) is 82.3 Å². The number of thiophene rings is 1. The van der Waals surface area contributed by atoms with Crippen molar-refractivity contribution in [3.8, 4) is 0 Å². The Hall–Kier alpha value is -0.780. The predicted octanol–water partition coefficient (Wildman–Crippen LogP) is 6.88. The van der Waals surface area contributed by atoms with Crippen molar-refractivity contribution in [2.45, 2.75) is 121 Å². The molecule has 3 aliphatic rings. The topological polar surface area (TPSA) is 78.5 Å². The van der Waals surface area contributed by atoms with Crippen molar-refractivity contribution in [2.24, 2.45) is 5.92 Å². The van der Waals surface area contributed by atoms with Crippen LogP contribution in [0.25, 0.3) is 0 Å². The Morgan fingerprint density at radius 3 is 2.23 bits per heavy atom. The van der Waals surface area contributed by atoms with E-state index in [4.69, 9.17) is 35.3 Å². The highest BCUT2D eigenvalue weighted by atomic mass is 35.5. The molecule has 1 spiro atoms. The third-order valence-corrected chi connectivity index (χ3v) is 11.6. The lowest BCUT2D eigenvalue weighted by atomic mass is 9.76. The van der Waals surface area contributed by atoms with Crippen molar-refractivity contribution < 1.29 is 28.5 Å². The van der Waals surface area contributed by atoms with E-state index in [0.29, 0.717) is 70.7 Å². The van der Waals surface area contributed by atoms with Gasteiger partial charge in [-0.2, -0.15) is 0 Å². The van der Waals surface area contributed by atoms with E-state index in [1.165, 1.54) is 23.3 Å². The van der Waals surface area contributed by atoms with Crippen LogP contribution >= 0.6 is 22.9 Å². The van der Waals surface area contributed by atoms with Crippen LogP contribution in [0.5, 0.6) is 0 Å². The maximum atomic E-state index is 12.5. The Bertz CT molecular complexity index is 1010. The molecule has 8 nitrogen and oxygen atoms in total. The van der Waals surface area contributed by atoms with Crippen LogP contribution in [0.15, 0.2) is 6.07 Å². The largest absolute Gasteiger partial charge is 0.379 e. The second kappa shape index (κ2) is 22.1. The van der Waals surface area contributed by atoms with Crippen molar-refractivity contribution in [2.75, 3.05) is 78.4 Å². The van der Waals surface area contributed by atoms with E-state index < -0.39 is 0 Å². The number of hydrogen-bond acceptors (Lipinski definition) is 8. The first kappa shape index (κ1) is 39.0. The van der Waals surface area contributed by atoms with Gasteiger partial charge >= 0.3 is 0 Å². The number of fused-ring (bicyclic) bond motifs is 2. The molecule has 1 aliphatic carbocycles. The van der Waals surface area contributed by atoms with Gasteiger partial charge in [-0.15, -0.1) is 22.9 Å². The minimum atomic E-state index is -0.0691. The molecular formula is C37H63ClN2O6S. The highest BCUT2D eigenvalue weighted by Crippen LogP contribution is 2.46. The zero-order valence-corrected chi connectivity index (χ0v) is 30.9. The predicted molar refractivity (Wildman–Crippen MR) is 191 cm³/mol. The van der Waals surface area contributed by atoms with Gasteiger partial charge in [0, 0.05) is 66.9 Å². The number of aryl methyl sites for hydroxylation is 1. The number of rotatable bonds is 25. The Morgan fingerprint density at radius 2 is 1.60 bits per heavy atom. The third-order valence-electron chi connectivity index (χ3n) is 10.0. The number of piperidine rings is 1. The number of amides is 1.